The van der Waals surface area contributed by atoms with Gasteiger partial charge in [-0.15, -0.1) is 0 Å². The lowest BCUT2D eigenvalue weighted by Crippen LogP contribution is -2.50. The number of rotatable bonds is 12. The van der Waals surface area contributed by atoms with Gasteiger partial charge < -0.3 is 15.2 Å². The van der Waals surface area contributed by atoms with Gasteiger partial charge in [-0.1, -0.05) is 58.6 Å². The van der Waals surface area contributed by atoms with E-state index in [9.17, 15) is 4.79 Å². The zero-order chi connectivity index (χ0) is 25.1. The molecule has 0 radical (unpaired) electrons. The Bertz CT molecular complexity index is 748. The summed E-state index contributed by atoms with van der Waals surface area (Å²) in [6.07, 6.45) is 20.4. The second kappa shape index (κ2) is 11.7. The van der Waals surface area contributed by atoms with Crippen LogP contribution in [0.2, 0.25) is 0 Å². The number of nitrogens with one attached hydrogen (secondary N) is 1. The van der Waals surface area contributed by atoms with Crippen molar-refractivity contribution in [3.05, 3.63) is 11.6 Å². The third kappa shape index (κ3) is 6.00. The molecule has 7 atom stereocenters. The van der Waals surface area contributed by atoms with Crippen LogP contribution in [-0.2, 0) is 9.53 Å². The molecule has 4 heteroatoms. The Labute approximate surface area is 215 Å². The number of ether oxygens (including phenoxy) is 1. The molecule has 3 fully saturated rings. The molecule has 0 aromatic carbocycles. The zero-order valence-corrected chi connectivity index (χ0v) is 23.1. The lowest BCUT2D eigenvalue weighted by molar-refractivity contribution is -0.135. The molecule has 4 rings (SSSR count). The highest BCUT2D eigenvalue weighted by atomic mass is 16.5. The third-order valence-electron chi connectivity index (χ3n) is 11.0. The first-order valence-electron chi connectivity index (χ1n) is 15.0. The Hall–Kier alpha value is -0.870. The van der Waals surface area contributed by atoms with Crippen molar-refractivity contribution in [3.63, 3.8) is 0 Å². The molecule has 0 spiro atoms. The SMILES string of the molecule is CC(C)CCCC[C@H]1CCC2C3CC=C4C[C@@H](OCCCNCC(=O)O)CC[C@]4(C)C3CC[C@@]21C. The summed E-state index contributed by atoms with van der Waals surface area (Å²) in [5.41, 5.74) is 2.68. The second-order valence-corrected chi connectivity index (χ2v) is 13.4. The summed E-state index contributed by atoms with van der Waals surface area (Å²) in [6, 6.07) is 0. The molecule has 4 aliphatic rings. The molecule has 0 heterocycles. The quantitative estimate of drug-likeness (QED) is 0.225. The molecular formula is C31H53NO3. The van der Waals surface area contributed by atoms with E-state index in [1.807, 2.05) is 0 Å². The number of carbonyl (C=O) groups is 1. The lowest BCUT2D eigenvalue weighted by atomic mass is 9.47. The summed E-state index contributed by atoms with van der Waals surface area (Å²) in [4.78, 5) is 10.6. The van der Waals surface area contributed by atoms with Crippen LogP contribution in [0.3, 0.4) is 0 Å². The third-order valence-corrected chi connectivity index (χ3v) is 11.0. The maximum atomic E-state index is 10.6. The number of hydrogen-bond donors (Lipinski definition) is 2. The molecule has 0 aliphatic heterocycles. The molecule has 0 saturated heterocycles. The van der Waals surface area contributed by atoms with Gasteiger partial charge in [0.15, 0.2) is 0 Å². The number of fused-ring (bicyclic) bond motifs is 5. The van der Waals surface area contributed by atoms with Crippen LogP contribution < -0.4 is 5.32 Å². The second-order valence-electron chi connectivity index (χ2n) is 13.4. The van der Waals surface area contributed by atoms with Crippen molar-refractivity contribution in [1.82, 2.24) is 5.32 Å². The minimum Gasteiger partial charge on any atom is -0.480 e. The molecule has 4 nitrogen and oxygen atoms in total. The number of aliphatic carboxylic acids is 1. The number of allylic oxidation sites excluding steroid dienone is 1. The van der Waals surface area contributed by atoms with Crippen molar-refractivity contribution < 1.29 is 14.6 Å². The van der Waals surface area contributed by atoms with E-state index in [0.717, 1.165) is 49.0 Å². The molecule has 3 unspecified atom stereocenters. The molecule has 2 N–H and O–H groups in total. The maximum absolute atomic E-state index is 10.6. The minimum atomic E-state index is -0.794. The zero-order valence-electron chi connectivity index (χ0n) is 23.1. The summed E-state index contributed by atoms with van der Waals surface area (Å²) < 4.78 is 6.25. The predicted octanol–water partition coefficient (Wildman–Crippen LogP) is 7.23. The summed E-state index contributed by atoms with van der Waals surface area (Å²) in [5, 5.41) is 11.7. The molecule has 3 saturated carbocycles. The molecule has 35 heavy (non-hydrogen) atoms. The van der Waals surface area contributed by atoms with E-state index in [1.54, 1.807) is 5.57 Å². The largest absolute Gasteiger partial charge is 0.480 e. The molecule has 200 valence electrons. The summed E-state index contributed by atoms with van der Waals surface area (Å²) in [7, 11) is 0. The van der Waals surface area contributed by atoms with Crippen molar-refractivity contribution >= 4 is 5.97 Å². The summed E-state index contributed by atoms with van der Waals surface area (Å²) in [6.45, 7) is 11.5. The van der Waals surface area contributed by atoms with E-state index < -0.39 is 5.97 Å². The van der Waals surface area contributed by atoms with Gasteiger partial charge in [-0.3, -0.25) is 4.79 Å². The van der Waals surface area contributed by atoms with Gasteiger partial charge in [-0.05, 0) is 111 Å². The van der Waals surface area contributed by atoms with Crippen LogP contribution in [0.15, 0.2) is 11.6 Å². The van der Waals surface area contributed by atoms with Gasteiger partial charge in [-0.25, -0.2) is 0 Å². The van der Waals surface area contributed by atoms with Crippen LogP contribution >= 0.6 is 0 Å². The lowest BCUT2D eigenvalue weighted by Gasteiger charge is -2.58. The highest BCUT2D eigenvalue weighted by molar-refractivity contribution is 5.68. The number of carboxylic acids is 1. The van der Waals surface area contributed by atoms with Gasteiger partial charge in [0, 0.05) is 6.61 Å². The Morgan fingerprint density at radius 3 is 2.71 bits per heavy atom. The van der Waals surface area contributed by atoms with Gasteiger partial charge in [0.25, 0.3) is 0 Å². The van der Waals surface area contributed by atoms with E-state index in [2.05, 4.69) is 39.1 Å². The fourth-order valence-electron chi connectivity index (χ4n) is 8.94. The van der Waals surface area contributed by atoms with E-state index in [4.69, 9.17) is 9.84 Å². The maximum Gasteiger partial charge on any atom is 0.317 e. The molecule has 0 amide bonds. The van der Waals surface area contributed by atoms with Gasteiger partial charge in [0.2, 0.25) is 0 Å². The van der Waals surface area contributed by atoms with E-state index in [0.29, 0.717) is 23.5 Å². The first-order chi connectivity index (χ1) is 16.7. The van der Waals surface area contributed by atoms with Crippen LogP contribution in [0, 0.1) is 40.4 Å². The van der Waals surface area contributed by atoms with Crippen molar-refractivity contribution in [2.45, 2.75) is 117 Å². The van der Waals surface area contributed by atoms with Gasteiger partial charge in [0.1, 0.15) is 0 Å². The van der Waals surface area contributed by atoms with Crippen LogP contribution in [0.1, 0.15) is 111 Å². The van der Waals surface area contributed by atoms with Crippen LogP contribution in [-0.4, -0.2) is 36.9 Å². The Morgan fingerprint density at radius 1 is 1.11 bits per heavy atom. The Morgan fingerprint density at radius 2 is 1.94 bits per heavy atom. The Balaban J connectivity index is 1.30. The minimum absolute atomic E-state index is 0.0378. The van der Waals surface area contributed by atoms with Crippen molar-refractivity contribution in [2.24, 2.45) is 40.4 Å². The molecule has 0 aromatic rings. The van der Waals surface area contributed by atoms with Gasteiger partial charge in [-0.2, -0.15) is 0 Å². The molecule has 4 aliphatic carbocycles. The fraction of sp³-hybridized carbons (Fsp3) is 0.903. The monoisotopic (exact) mass is 487 g/mol. The highest BCUT2D eigenvalue weighted by Crippen LogP contribution is 2.66. The van der Waals surface area contributed by atoms with E-state index in [-0.39, 0.29) is 6.54 Å². The van der Waals surface area contributed by atoms with Crippen molar-refractivity contribution in [3.8, 4) is 0 Å². The smallest absolute Gasteiger partial charge is 0.317 e. The highest BCUT2D eigenvalue weighted by Gasteiger charge is 2.58. The first-order valence-corrected chi connectivity index (χ1v) is 15.0. The van der Waals surface area contributed by atoms with Crippen LogP contribution in [0.5, 0.6) is 0 Å². The standard InChI is InChI=1S/C31H53NO3/c1-22(2)8-5-6-9-23-11-13-27-26-12-10-24-20-25(35-19-7-18-32-21-29(33)34)14-16-31(24,4)28(26)15-17-30(23,27)3/h10,22-23,25-28,32H,5-9,11-21H2,1-4H3,(H,33,34)/t23-,25-,26?,27?,28?,30+,31-/m0/s1. The summed E-state index contributed by atoms with van der Waals surface area (Å²) in [5.74, 6) is 3.74. The van der Waals surface area contributed by atoms with Gasteiger partial charge >= 0.3 is 5.97 Å². The number of unbranched alkanes of at least 4 members (excludes halogenated alkanes) is 1. The Kier molecular flexibility index (Phi) is 9.06. The first kappa shape index (κ1) is 27.2. The van der Waals surface area contributed by atoms with Crippen molar-refractivity contribution in [2.75, 3.05) is 19.7 Å². The average molecular weight is 488 g/mol. The van der Waals surface area contributed by atoms with Gasteiger partial charge in [0.05, 0.1) is 12.6 Å². The van der Waals surface area contributed by atoms with Crippen molar-refractivity contribution in [1.29, 1.82) is 0 Å². The number of hydrogen-bond acceptors (Lipinski definition) is 3. The van der Waals surface area contributed by atoms with E-state index in [1.165, 1.54) is 70.6 Å². The normalized spacial score (nSPS) is 38.5. The van der Waals surface area contributed by atoms with E-state index >= 15 is 0 Å². The fourth-order valence-corrected chi connectivity index (χ4v) is 8.94. The number of carboxylic acid groups (broad SMARTS) is 1. The summed E-state index contributed by atoms with van der Waals surface area (Å²) >= 11 is 0. The topological polar surface area (TPSA) is 58.6 Å². The average Bonchev–Trinajstić information content (AvgIpc) is 3.15. The van der Waals surface area contributed by atoms with Crippen LogP contribution in [0.4, 0.5) is 0 Å². The van der Waals surface area contributed by atoms with Crippen LogP contribution in [0.25, 0.3) is 0 Å². The molecule has 0 aromatic heterocycles. The predicted molar refractivity (Wildman–Crippen MR) is 143 cm³/mol. The molecular weight excluding hydrogens is 434 g/mol. The molecule has 0 bridgehead atoms.